The highest BCUT2D eigenvalue weighted by Gasteiger charge is 2.22. The number of fused-ring (bicyclic) bond motifs is 1. The second kappa shape index (κ2) is 13.9. The summed E-state index contributed by atoms with van der Waals surface area (Å²) < 4.78 is 4.95. The van der Waals surface area contributed by atoms with Crippen molar-refractivity contribution >= 4 is 11.8 Å². The van der Waals surface area contributed by atoms with Crippen LogP contribution in [0.3, 0.4) is 0 Å². The van der Waals surface area contributed by atoms with Gasteiger partial charge in [-0.15, -0.1) is 0 Å². The quantitative estimate of drug-likeness (QED) is 0.223. The summed E-state index contributed by atoms with van der Waals surface area (Å²) in [5.74, 6) is 0.683. The molecule has 0 unspecified atom stereocenters. The van der Waals surface area contributed by atoms with Crippen molar-refractivity contribution < 1.29 is 14.3 Å². The van der Waals surface area contributed by atoms with Gasteiger partial charge in [-0.1, -0.05) is 60.7 Å². The van der Waals surface area contributed by atoms with Gasteiger partial charge in [0.05, 0.1) is 12.7 Å². The van der Waals surface area contributed by atoms with E-state index in [0.29, 0.717) is 17.9 Å². The van der Waals surface area contributed by atoms with Crippen LogP contribution in [0.4, 0.5) is 0 Å². The number of nitrogens with zero attached hydrogens (tertiary/aromatic N) is 2. The van der Waals surface area contributed by atoms with Crippen molar-refractivity contribution in [3.8, 4) is 0 Å². The highest BCUT2D eigenvalue weighted by Crippen LogP contribution is 2.26. The Morgan fingerprint density at radius 3 is 2.27 bits per heavy atom. The van der Waals surface area contributed by atoms with Crippen molar-refractivity contribution in [2.45, 2.75) is 58.0 Å². The summed E-state index contributed by atoms with van der Waals surface area (Å²) >= 11 is 0. The van der Waals surface area contributed by atoms with Gasteiger partial charge < -0.3 is 4.74 Å². The molecule has 1 fully saturated rings. The maximum Gasteiger partial charge on any atom is 0.338 e. The van der Waals surface area contributed by atoms with Crippen LogP contribution in [0.15, 0.2) is 72.8 Å². The first-order valence-corrected chi connectivity index (χ1v) is 14.9. The Balaban J connectivity index is 1.05. The molecule has 1 saturated heterocycles. The Kier molecular flexibility index (Phi) is 9.80. The van der Waals surface area contributed by atoms with E-state index in [1.165, 1.54) is 23.8 Å². The molecule has 2 heterocycles. The minimum absolute atomic E-state index is 0.269. The van der Waals surface area contributed by atoms with E-state index >= 15 is 0 Å². The molecule has 0 saturated carbocycles. The van der Waals surface area contributed by atoms with Crippen molar-refractivity contribution in [3.05, 3.63) is 106 Å². The number of likely N-dealkylation sites (tertiary alicyclic amines) is 1. The molecular weight excluding hydrogens is 496 g/mol. The molecule has 5 nitrogen and oxygen atoms in total. The van der Waals surface area contributed by atoms with Crippen molar-refractivity contribution in [3.63, 3.8) is 0 Å². The van der Waals surface area contributed by atoms with E-state index in [-0.39, 0.29) is 11.8 Å². The van der Waals surface area contributed by atoms with Crippen LogP contribution in [0, 0.1) is 5.92 Å². The summed E-state index contributed by atoms with van der Waals surface area (Å²) in [6, 6.07) is 24.8. The Hall–Kier alpha value is -3.28. The molecule has 5 rings (SSSR count). The van der Waals surface area contributed by atoms with Crippen molar-refractivity contribution in [1.82, 2.24) is 9.80 Å². The Morgan fingerprint density at radius 2 is 1.50 bits per heavy atom. The maximum atomic E-state index is 13.1. The summed E-state index contributed by atoms with van der Waals surface area (Å²) in [5, 5.41) is 0. The first kappa shape index (κ1) is 28.3. The molecule has 0 aliphatic carbocycles. The predicted molar refractivity (Wildman–Crippen MR) is 160 cm³/mol. The third-order valence-corrected chi connectivity index (χ3v) is 8.71. The van der Waals surface area contributed by atoms with Gasteiger partial charge in [0.15, 0.2) is 5.78 Å². The monoisotopic (exact) mass is 538 g/mol. The zero-order chi connectivity index (χ0) is 27.7. The van der Waals surface area contributed by atoms with Crippen LogP contribution in [0.1, 0.15) is 75.1 Å². The highest BCUT2D eigenvalue weighted by molar-refractivity contribution is 5.96. The second-order valence-corrected chi connectivity index (χ2v) is 11.4. The van der Waals surface area contributed by atoms with Gasteiger partial charge in [-0.25, -0.2) is 4.79 Å². The van der Waals surface area contributed by atoms with Crippen molar-refractivity contribution in [1.29, 1.82) is 0 Å². The minimum atomic E-state index is -0.269. The molecule has 0 radical (unpaired) electrons. The van der Waals surface area contributed by atoms with Gasteiger partial charge in [-0.3, -0.25) is 14.6 Å². The van der Waals surface area contributed by atoms with E-state index in [9.17, 15) is 9.59 Å². The van der Waals surface area contributed by atoms with Crippen LogP contribution in [0.2, 0.25) is 0 Å². The van der Waals surface area contributed by atoms with Crippen LogP contribution in [-0.2, 0) is 30.7 Å². The van der Waals surface area contributed by atoms with Crippen LogP contribution in [0.5, 0.6) is 0 Å². The molecule has 3 aromatic carbocycles. The van der Waals surface area contributed by atoms with Gasteiger partial charge >= 0.3 is 5.97 Å². The smallest absolute Gasteiger partial charge is 0.338 e. The number of carbonyl (C=O) groups is 2. The summed E-state index contributed by atoms with van der Waals surface area (Å²) in [5.41, 5.74) is 6.68. The zero-order valence-corrected chi connectivity index (χ0v) is 23.8. The van der Waals surface area contributed by atoms with Gasteiger partial charge in [-0.2, -0.15) is 0 Å². The number of esters is 1. The molecule has 0 aromatic heterocycles. The van der Waals surface area contributed by atoms with E-state index in [4.69, 9.17) is 4.74 Å². The van der Waals surface area contributed by atoms with Crippen LogP contribution in [0.25, 0.3) is 0 Å². The van der Waals surface area contributed by atoms with Crippen molar-refractivity contribution in [2.24, 2.45) is 5.92 Å². The number of rotatable bonds is 10. The molecule has 210 valence electrons. The number of benzene rings is 3. The number of carbonyl (C=O) groups excluding carboxylic acids is 2. The largest absolute Gasteiger partial charge is 0.465 e. The van der Waals surface area contributed by atoms with E-state index in [2.05, 4.69) is 58.3 Å². The first-order chi connectivity index (χ1) is 19.6. The normalized spacial score (nSPS) is 16.7. The van der Waals surface area contributed by atoms with Crippen LogP contribution >= 0.6 is 0 Å². The van der Waals surface area contributed by atoms with Gasteiger partial charge in [0.25, 0.3) is 0 Å². The van der Waals surface area contributed by atoms with Gasteiger partial charge in [0, 0.05) is 38.2 Å². The number of ketones is 1. The standard InChI is InChI=1S/C35H42N2O3/c1-40-35(39)33-12-6-5-11-32(33)26-37-20-16-27(17-21-37)10-7-13-34(38)31-15-14-29-18-22-36(23-19-30(29)24-31)25-28-8-3-2-4-9-28/h2-6,8-9,11-12,14-15,24,27H,7,10,13,16-23,25-26H2,1H3. The average molecular weight is 539 g/mol. The molecule has 2 aliphatic heterocycles. The minimum Gasteiger partial charge on any atom is -0.465 e. The summed E-state index contributed by atoms with van der Waals surface area (Å²) in [6.45, 7) is 5.91. The Bertz CT molecular complexity index is 1280. The fraction of sp³-hybridized carbons (Fsp3) is 0.429. The highest BCUT2D eigenvalue weighted by atomic mass is 16.5. The third kappa shape index (κ3) is 7.47. The lowest BCUT2D eigenvalue weighted by Crippen LogP contribution is -2.33. The molecule has 0 atom stereocenters. The van der Waals surface area contributed by atoms with Gasteiger partial charge in [-0.05, 0) is 91.9 Å². The third-order valence-electron chi connectivity index (χ3n) is 8.71. The lowest BCUT2D eigenvalue weighted by Gasteiger charge is -2.32. The molecule has 0 amide bonds. The predicted octanol–water partition coefficient (Wildman–Crippen LogP) is 6.34. The SMILES string of the molecule is COC(=O)c1ccccc1CN1CCC(CCCC(=O)c2ccc3c(c2)CCN(Cc2ccccc2)CC3)CC1. The molecule has 0 N–H and O–H groups in total. The molecule has 0 spiro atoms. The fourth-order valence-corrected chi connectivity index (χ4v) is 6.28. The van der Waals surface area contributed by atoms with E-state index in [1.54, 1.807) is 0 Å². The number of methoxy groups -OCH3 is 1. The fourth-order valence-electron chi connectivity index (χ4n) is 6.28. The average Bonchev–Trinajstić information content (AvgIpc) is 3.20. The maximum absolute atomic E-state index is 13.1. The van der Waals surface area contributed by atoms with Gasteiger partial charge in [0.2, 0.25) is 0 Å². The van der Waals surface area contributed by atoms with E-state index in [1.807, 2.05) is 24.3 Å². The van der Waals surface area contributed by atoms with Crippen molar-refractivity contribution in [2.75, 3.05) is 33.3 Å². The zero-order valence-electron chi connectivity index (χ0n) is 23.8. The lowest BCUT2D eigenvalue weighted by molar-refractivity contribution is 0.0597. The molecule has 40 heavy (non-hydrogen) atoms. The van der Waals surface area contributed by atoms with Gasteiger partial charge in [0.1, 0.15) is 0 Å². The molecule has 0 bridgehead atoms. The number of piperidine rings is 1. The van der Waals surface area contributed by atoms with Crippen LogP contribution in [-0.4, -0.2) is 54.8 Å². The number of hydrogen-bond acceptors (Lipinski definition) is 5. The number of hydrogen-bond donors (Lipinski definition) is 0. The first-order valence-electron chi connectivity index (χ1n) is 14.9. The Labute approximate surface area is 239 Å². The number of Topliss-reactive ketones (excluding diaryl/α,β-unsaturated/α-hetero) is 1. The molecule has 3 aromatic rings. The second-order valence-electron chi connectivity index (χ2n) is 11.4. The summed E-state index contributed by atoms with van der Waals surface area (Å²) in [7, 11) is 1.43. The summed E-state index contributed by atoms with van der Waals surface area (Å²) in [4.78, 5) is 30.1. The molecule has 2 aliphatic rings. The number of ether oxygens (including phenoxy) is 1. The summed E-state index contributed by atoms with van der Waals surface area (Å²) in [6.07, 6.45) is 7.04. The lowest BCUT2D eigenvalue weighted by atomic mass is 9.90. The molecule has 5 heteroatoms. The van der Waals surface area contributed by atoms with Crippen LogP contribution < -0.4 is 0 Å². The Morgan fingerprint density at radius 1 is 0.800 bits per heavy atom. The van der Waals surface area contributed by atoms with E-state index < -0.39 is 0 Å². The molecular formula is C35H42N2O3. The topological polar surface area (TPSA) is 49.9 Å². The van der Waals surface area contributed by atoms with E-state index in [0.717, 1.165) is 88.9 Å².